The second kappa shape index (κ2) is 8.16. The monoisotopic (exact) mass is 388 g/mol. The van der Waals surface area contributed by atoms with Crippen LogP contribution in [0, 0.1) is 15.9 Å². The second-order valence-electron chi connectivity index (χ2n) is 6.20. The van der Waals surface area contributed by atoms with Crippen molar-refractivity contribution in [1.29, 1.82) is 0 Å². The third-order valence-corrected chi connectivity index (χ3v) is 4.73. The second-order valence-corrected chi connectivity index (χ2v) is 6.20. The third kappa shape index (κ3) is 3.58. The predicted octanol–water partition coefficient (Wildman–Crippen LogP) is 4.05. The Kier molecular flexibility index (Phi) is 5.67. The number of nitro benzene ring substituents is 1. The van der Waals surface area contributed by atoms with E-state index in [0.717, 1.165) is 17.2 Å². The van der Waals surface area contributed by atoms with E-state index < -0.39 is 16.4 Å². The van der Waals surface area contributed by atoms with Crippen LogP contribution in [0.2, 0.25) is 0 Å². The highest BCUT2D eigenvalue weighted by Crippen LogP contribution is 2.42. The van der Waals surface area contributed by atoms with Gasteiger partial charge in [0, 0.05) is 25.2 Å². The topological polar surface area (TPSA) is 74.1 Å². The first kappa shape index (κ1) is 19.5. The summed E-state index contributed by atoms with van der Waals surface area (Å²) in [5, 5.41) is 11.3. The maximum absolute atomic E-state index is 13.9. The highest BCUT2D eigenvalue weighted by molar-refractivity contribution is 5.79. The number of nitrogens with zero attached hydrogens (tertiary/aromatic N) is 2. The van der Waals surface area contributed by atoms with Crippen LogP contribution in [0.3, 0.4) is 0 Å². The van der Waals surface area contributed by atoms with Gasteiger partial charge in [-0.05, 0) is 24.1 Å². The molecule has 148 valence electrons. The first-order valence-electron chi connectivity index (χ1n) is 8.67. The van der Waals surface area contributed by atoms with Gasteiger partial charge >= 0.3 is 5.69 Å². The number of anilines is 1. The lowest BCUT2D eigenvalue weighted by Crippen LogP contribution is -2.29. The van der Waals surface area contributed by atoms with E-state index in [0.29, 0.717) is 36.8 Å². The molecule has 8 heteroatoms. The van der Waals surface area contributed by atoms with Gasteiger partial charge in [0.25, 0.3) is 0 Å². The van der Waals surface area contributed by atoms with Crippen LogP contribution in [0.1, 0.15) is 12.0 Å². The van der Waals surface area contributed by atoms with Gasteiger partial charge in [0.2, 0.25) is 5.82 Å². The molecule has 7 nitrogen and oxygen atoms in total. The number of halogens is 1. The summed E-state index contributed by atoms with van der Waals surface area (Å²) in [6.07, 6.45) is 2.54. The third-order valence-electron chi connectivity index (χ3n) is 4.73. The lowest BCUT2D eigenvalue weighted by atomic mass is 9.96. The molecule has 0 aromatic heterocycles. The minimum Gasteiger partial charge on any atom is -0.496 e. The quantitative estimate of drug-likeness (QED) is 0.549. The molecule has 2 aromatic rings. The lowest BCUT2D eigenvalue weighted by Gasteiger charge is -2.29. The van der Waals surface area contributed by atoms with Gasteiger partial charge < -0.3 is 19.1 Å². The summed E-state index contributed by atoms with van der Waals surface area (Å²) in [5.74, 6) is 1.02. The van der Waals surface area contributed by atoms with Crippen molar-refractivity contribution in [2.45, 2.75) is 6.42 Å². The van der Waals surface area contributed by atoms with Crippen molar-refractivity contribution in [3.63, 3.8) is 0 Å². The maximum Gasteiger partial charge on any atom is 0.327 e. The van der Waals surface area contributed by atoms with Gasteiger partial charge in [0.1, 0.15) is 22.9 Å². The Morgan fingerprint density at radius 3 is 2.29 bits per heavy atom. The van der Waals surface area contributed by atoms with Crippen LogP contribution >= 0.6 is 0 Å². The van der Waals surface area contributed by atoms with Crippen LogP contribution in [0.15, 0.2) is 36.4 Å². The summed E-state index contributed by atoms with van der Waals surface area (Å²) >= 11 is 0. The Labute approximate surface area is 162 Å². The number of nitro groups is 1. The molecule has 1 heterocycles. The van der Waals surface area contributed by atoms with Gasteiger partial charge in [-0.25, -0.2) is 0 Å². The van der Waals surface area contributed by atoms with Gasteiger partial charge in [-0.3, -0.25) is 10.1 Å². The Morgan fingerprint density at radius 1 is 1.11 bits per heavy atom. The van der Waals surface area contributed by atoms with Gasteiger partial charge in [-0.1, -0.05) is 12.1 Å². The first-order valence-corrected chi connectivity index (χ1v) is 8.67. The molecule has 2 aromatic carbocycles. The van der Waals surface area contributed by atoms with E-state index in [2.05, 4.69) is 0 Å². The zero-order valence-corrected chi connectivity index (χ0v) is 15.9. The molecule has 0 bridgehead atoms. The van der Waals surface area contributed by atoms with Gasteiger partial charge in [-0.2, -0.15) is 4.39 Å². The van der Waals surface area contributed by atoms with E-state index in [9.17, 15) is 14.5 Å². The van der Waals surface area contributed by atoms with Crippen molar-refractivity contribution < 1.29 is 23.5 Å². The van der Waals surface area contributed by atoms with E-state index in [-0.39, 0.29) is 5.69 Å². The smallest absolute Gasteiger partial charge is 0.327 e. The molecule has 0 saturated carbocycles. The van der Waals surface area contributed by atoms with Crippen molar-refractivity contribution in [2.24, 2.45) is 0 Å². The Hall–Kier alpha value is -3.29. The van der Waals surface area contributed by atoms with Crippen LogP contribution in [0.25, 0.3) is 5.57 Å². The van der Waals surface area contributed by atoms with Crippen molar-refractivity contribution >= 4 is 16.9 Å². The number of hydrogen-bond donors (Lipinski definition) is 0. The summed E-state index contributed by atoms with van der Waals surface area (Å²) in [5.41, 5.74) is 1.58. The Balaban J connectivity index is 1.96. The Bertz CT molecular complexity index is 904. The SMILES string of the molecule is COc1cc(OC)c(C2=CCN(c3cccc(F)c3[N+](=O)[O-])CC2)c(OC)c1. The summed E-state index contributed by atoms with van der Waals surface area (Å²) < 4.78 is 30.2. The minimum atomic E-state index is -0.837. The molecule has 0 aliphatic carbocycles. The lowest BCUT2D eigenvalue weighted by molar-refractivity contribution is -0.386. The summed E-state index contributed by atoms with van der Waals surface area (Å²) in [6, 6.07) is 7.70. The standard InChI is InChI=1S/C20H21FN2O5/c1-26-14-11-17(27-2)19(18(12-14)28-3)13-7-9-22(10-8-13)16-6-4-5-15(21)20(16)23(24)25/h4-7,11-12H,8-10H2,1-3H3. The molecule has 0 fully saturated rings. The van der Waals surface area contributed by atoms with Crippen molar-refractivity contribution in [1.82, 2.24) is 0 Å². The molecular weight excluding hydrogens is 367 g/mol. The van der Waals surface area contributed by atoms with E-state index in [1.807, 2.05) is 6.08 Å². The number of methoxy groups -OCH3 is 3. The number of ether oxygens (including phenoxy) is 3. The van der Waals surface area contributed by atoms with Gasteiger partial charge in [0.15, 0.2) is 0 Å². The van der Waals surface area contributed by atoms with Gasteiger partial charge in [0.05, 0.1) is 31.8 Å². The molecule has 0 N–H and O–H groups in total. The number of para-hydroxylation sites is 1. The molecule has 0 saturated heterocycles. The molecule has 28 heavy (non-hydrogen) atoms. The highest BCUT2D eigenvalue weighted by atomic mass is 19.1. The molecular formula is C20H21FN2O5. The maximum atomic E-state index is 13.9. The van der Waals surface area contributed by atoms with Crippen LogP contribution < -0.4 is 19.1 Å². The van der Waals surface area contributed by atoms with Crippen LogP contribution in [0.4, 0.5) is 15.8 Å². The zero-order valence-electron chi connectivity index (χ0n) is 15.9. The number of benzene rings is 2. The molecule has 1 aliphatic rings. The zero-order chi connectivity index (χ0) is 20.3. The average molecular weight is 388 g/mol. The predicted molar refractivity (Wildman–Crippen MR) is 104 cm³/mol. The average Bonchev–Trinajstić information content (AvgIpc) is 2.72. The fourth-order valence-electron chi connectivity index (χ4n) is 3.38. The summed E-state index contributed by atoms with van der Waals surface area (Å²) in [4.78, 5) is 12.4. The molecule has 0 atom stereocenters. The Morgan fingerprint density at radius 2 is 1.79 bits per heavy atom. The molecule has 0 spiro atoms. The largest absolute Gasteiger partial charge is 0.496 e. The minimum absolute atomic E-state index is 0.272. The molecule has 0 radical (unpaired) electrons. The van der Waals surface area contributed by atoms with Crippen molar-refractivity contribution in [3.05, 3.63) is 57.9 Å². The fraction of sp³-hybridized carbons (Fsp3) is 0.300. The van der Waals surface area contributed by atoms with Crippen molar-refractivity contribution in [2.75, 3.05) is 39.3 Å². The van der Waals surface area contributed by atoms with E-state index in [1.54, 1.807) is 44.4 Å². The highest BCUT2D eigenvalue weighted by Gasteiger charge is 2.27. The number of rotatable bonds is 6. The van der Waals surface area contributed by atoms with Crippen LogP contribution in [0.5, 0.6) is 17.2 Å². The van der Waals surface area contributed by atoms with E-state index >= 15 is 0 Å². The van der Waals surface area contributed by atoms with E-state index in [1.165, 1.54) is 6.07 Å². The van der Waals surface area contributed by atoms with Gasteiger partial charge in [-0.15, -0.1) is 0 Å². The van der Waals surface area contributed by atoms with Crippen LogP contribution in [-0.4, -0.2) is 39.3 Å². The molecule has 3 rings (SSSR count). The number of hydrogen-bond acceptors (Lipinski definition) is 6. The molecule has 0 unspecified atom stereocenters. The first-order chi connectivity index (χ1) is 13.5. The molecule has 0 amide bonds. The normalized spacial score (nSPS) is 13.7. The van der Waals surface area contributed by atoms with E-state index in [4.69, 9.17) is 14.2 Å². The summed E-state index contributed by atoms with van der Waals surface area (Å²) in [6.45, 7) is 0.895. The summed E-state index contributed by atoms with van der Waals surface area (Å²) in [7, 11) is 4.71. The fourth-order valence-corrected chi connectivity index (χ4v) is 3.38. The molecule has 1 aliphatic heterocycles. The van der Waals surface area contributed by atoms with Crippen LogP contribution in [-0.2, 0) is 0 Å². The van der Waals surface area contributed by atoms with Crippen molar-refractivity contribution in [3.8, 4) is 17.2 Å².